The molecule has 0 aliphatic rings. The van der Waals surface area contributed by atoms with Crippen molar-refractivity contribution in [2.24, 2.45) is 0 Å². The van der Waals surface area contributed by atoms with E-state index in [1.165, 1.54) is 0 Å². The molecule has 0 saturated carbocycles. The van der Waals surface area contributed by atoms with Crippen LogP contribution in [0.5, 0.6) is 0 Å². The van der Waals surface area contributed by atoms with Crippen molar-refractivity contribution in [2.75, 3.05) is 0 Å². The first kappa shape index (κ1) is 12.9. The molecule has 0 atom stereocenters. The number of fused-ring (bicyclic) bond motifs is 1. The van der Waals surface area contributed by atoms with Crippen LogP contribution in [0.25, 0.3) is 11.0 Å². The average molecular weight is 260 g/mol. The Morgan fingerprint density at radius 3 is 2.94 bits per heavy atom. The van der Waals surface area contributed by atoms with E-state index >= 15 is 0 Å². The number of aromatic nitrogens is 2. The third-order valence-electron chi connectivity index (χ3n) is 3.02. The number of carbonyl (C=O) groups is 1. The zero-order valence-electron chi connectivity index (χ0n) is 10.6. The summed E-state index contributed by atoms with van der Waals surface area (Å²) >= 11 is 5.46. The van der Waals surface area contributed by atoms with Gasteiger partial charge in [-0.3, -0.25) is 4.79 Å². The number of hydrogen-bond donors (Lipinski definition) is 1. The van der Waals surface area contributed by atoms with E-state index in [0.717, 1.165) is 52.6 Å². The van der Waals surface area contributed by atoms with Crippen molar-refractivity contribution in [3.63, 3.8) is 0 Å². The number of unbranched alkanes of at least 4 members (excludes halogenated alkanes) is 1. The normalized spacial score (nSPS) is 10.8. The van der Waals surface area contributed by atoms with Gasteiger partial charge in [0.15, 0.2) is 12.1 Å². The maximum Gasteiger partial charge on any atom is 0.185 e. The van der Waals surface area contributed by atoms with Crippen molar-refractivity contribution in [1.29, 1.82) is 0 Å². The van der Waals surface area contributed by atoms with Crippen molar-refractivity contribution >= 4 is 34.4 Å². The van der Waals surface area contributed by atoms with E-state index in [4.69, 9.17) is 12.2 Å². The molecule has 0 aliphatic heterocycles. The predicted molar refractivity (Wildman–Crippen MR) is 77.4 cm³/mol. The zero-order chi connectivity index (χ0) is 13.1. The van der Waals surface area contributed by atoms with Gasteiger partial charge in [-0.05, 0) is 43.0 Å². The molecule has 1 aromatic heterocycles. The maximum absolute atomic E-state index is 10.7. The maximum atomic E-state index is 10.7. The SMILES string of the molecule is CCCCC(=S)c1cc2nc(C=O)[nH]c2cc1C. The van der Waals surface area contributed by atoms with Crippen molar-refractivity contribution in [1.82, 2.24) is 9.97 Å². The minimum Gasteiger partial charge on any atom is -0.336 e. The molecule has 0 radical (unpaired) electrons. The average Bonchev–Trinajstić information content (AvgIpc) is 2.76. The summed E-state index contributed by atoms with van der Waals surface area (Å²) in [5.74, 6) is 0.362. The highest BCUT2D eigenvalue weighted by molar-refractivity contribution is 7.80. The molecule has 0 aliphatic carbocycles. The van der Waals surface area contributed by atoms with Gasteiger partial charge >= 0.3 is 0 Å². The van der Waals surface area contributed by atoms with Crippen LogP contribution in [-0.4, -0.2) is 21.1 Å². The first-order valence-corrected chi connectivity index (χ1v) is 6.55. The van der Waals surface area contributed by atoms with Gasteiger partial charge in [-0.1, -0.05) is 25.6 Å². The second-order valence-electron chi connectivity index (χ2n) is 4.45. The second-order valence-corrected chi connectivity index (χ2v) is 4.94. The van der Waals surface area contributed by atoms with Crippen molar-refractivity contribution < 1.29 is 4.79 Å². The molecule has 0 spiro atoms. The van der Waals surface area contributed by atoms with E-state index in [1.807, 2.05) is 19.1 Å². The van der Waals surface area contributed by atoms with Gasteiger partial charge in [-0.2, -0.15) is 0 Å². The molecule has 4 heteroatoms. The Labute approximate surface area is 112 Å². The second kappa shape index (κ2) is 5.40. The summed E-state index contributed by atoms with van der Waals surface area (Å²) < 4.78 is 0. The number of H-pyrrole nitrogens is 1. The van der Waals surface area contributed by atoms with E-state index in [9.17, 15) is 4.79 Å². The highest BCUT2D eigenvalue weighted by Crippen LogP contribution is 2.20. The summed E-state index contributed by atoms with van der Waals surface area (Å²) in [6.07, 6.45) is 3.91. The van der Waals surface area contributed by atoms with Gasteiger partial charge < -0.3 is 4.98 Å². The number of aromatic amines is 1. The molecule has 3 nitrogen and oxygen atoms in total. The summed E-state index contributed by atoms with van der Waals surface area (Å²) in [5.41, 5.74) is 3.90. The quantitative estimate of drug-likeness (QED) is 0.507. The predicted octanol–water partition coefficient (Wildman–Crippen LogP) is 3.59. The summed E-state index contributed by atoms with van der Waals surface area (Å²) in [6.45, 7) is 4.19. The highest BCUT2D eigenvalue weighted by Gasteiger charge is 2.09. The molecular formula is C14H16N2OS. The van der Waals surface area contributed by atoms with Crippen LogP contribution in [0.4, 0.5) is 0 Å². The van der Waals surface area contributed by atoms with Crippen molar-refractivity contribution in [2.45, 2.75) is 33.1 Å². The molecule has 1 N–H and O–H groups in total. The molecule has 94 valence electrons. The van der Waals surface area contributed by atoms with Crippen LogP contribution in [-0.2, 0) is 0 Å². The van der Waals surface area contributed by atoms with Crippen LogP contribution in [0.3, 0.4) is 0 Å². The molecule has 2 aromatic rings. The van der Waals surface area contributed by atoms with Gasteiger partial charge in [0.2, 0.25) is 0 Å². The van der Waals surface area contributed by atoms with Crippen molar-refractivity contribution in [3.05, 3.63) is 29.1 Å². The van der Waals surface area contributed by atoms with E-state index in [-0.39, 0.29) is 0 Å². The van der Waals surface area contributed by atoms with Crippen LogP contribution < -0.4 is 0 Å². The number of thiocarbonyl (C=S) groups is 1. The Balaban J connectivity index is 2.41. The third kappa shape index (κ3) is 2.48. The lowest BCUT2D eigenvalue weighted by molar-refractivity contribution is 0.111. The molecule has 1 aromatic carbocycles. The molecule has 1 heterocycles. The van der Waals surface area contributed by atoms with Gasteiger partial charge in [-0.15, -0.1) is 0 Å². The molecular weight excluding hydrogens is 244 g/mol. The lowest BCUT2D eigenvalue weighted by Gasteiger charge is -2.07. The number of carbonyl (C=O) groups excluding carboxylic acids is 1. The van der Waals surface area contributed by atoms with E-state index in [1.54, 1.807) is 0 Å². The van der Waals surface area contributed by atoms with Gasteiger partial charge in [0.05, 0.1) is 11.0 Å². The van der Waals surface area contributed by atoms with E-state index in [2.05, 4.69) is 16.9 Å². The largest absolute Gasteiger partial charge is 0.336 e. The topological polar surface area (TPSA) is 45.8 Å². The van der Waals surface area contributed by atoms with Crippen LogP contribution in [0.2, 0.25) is 0 Å². The molecule has 0 fully saturated rings. The summed E-state index contributed by atoms with van der Waals surface area (Å²) in [5, 5.41) is 0. The molecule has 2 rings (SSSR count). The van der Waals surface area contributed by atoms with Gasteiger partial charge in [-0.25, -0.2) is 4.98 Å². The first-order chi connectivity index (χ1) is 8.65. The number of rotatable bonds is 5. The van der Waals surface area contributed by atoms with Crippen LogP contribution in [0, 0.1) is 6.92 Å². The lowest BCUT2D eigenvalue weighted by atomic mass is 10.0. The molecule has 0 unspecified atom stereocenters. The van der Waals surface area contributed by atoms with Gasteiger partial charge in [0, 0.05) is 4.86 Å². The fraction of sp³-hybridized carbons (Fsp3) is 0.357. The summed E-state index contributed by atoms with van der Waals surface area (Å²) in [4.78, 5) is 18.9. The van der Waals surface area contributed by atoms with Crippen LogP contribution in [0.1, 0.15) is 47.9 Å². The van der Waals surface area contributed by atoms with Gasteiger partial charge in [0.25, 0.3) is 0 Å². The Bertz CT molecular complexity index is 601. The standard InChI is InChI=1S/C14H16N2OS/c1-3-4-5-13(18)10-7-12-11(6-9(10)2)15-14(8-17)16-12/h6-8H,3-5H2,1-2H3,(H,15,16). The Kier molecular flexibility index (Phi) is 3.87. The minimum absolute atomic E-state index is 0.362. The Hall–Kier alpha value is -1.55. The number of aryl methyl sites for hydroxylation is 1. The smallest absolute Gasteiger partial charge is 0.185 e. The highest BCUT2D eigenvalue weighted by atomic mass is 32.1. The number of nitrogens with zero attached hydrogens (tertiary/aromatic N) is 1. The molecule has 0 saturated heterocycles. The van der Waals surface area contributed by atoms with Gasteiger partial charge in [0.1, 0.15) is 0 Å². The van der Waals surface area contributed by atoms with Crippen molar-refractivity contribution in [3.8, 4) is 0 Å². The van der Waals surface area contributed by atoms with E-state index in [0.29, 0.717) is 5.82 Å². The number of benzene rings is 1. The Morgan fingerprint density at radius 1 is 1.50 bits per heavy atom. The first-order valence-electron chi connectivity index (χ1n) is 6.14. The molecule has 0 amide bonds. The minimum atomic E-state index is 0.362. The number of hydrogen-bond acceptors (Lipinski definition) is 3. The van der Waals surface area contributed by atoms with Crippen LogP contribution in [0.15, 0.2) is 12.1 Å². The van der Waals surface area contributed by atoms with Crippen LogP contribution >= 0.6 is 12.2 Å². The Morgan fingerprint density at radius 2 is 2.28 bits per heavy atom. The number of nitrogens with one attached hydrogen (secondary N) is 1. The fourth-order valence-electron chi connectivity index (χ4n) is 2.01. The fourth-order valence-corrected chi connectivity index (χ4v) is 2.38. The summed E-state index contributed by atoms with van der Waals surface area (Å²) in [6, 6.07) is 3.98. The zero-order valence-corrected chi connectivity index (χ0v) is 11.4. The van der Waals surface area contributed by atoms with E-state index < -0.39 is 0 Å². The number of imidazole rings is 1. The molecule has 18 heavy (non-hydrogen) atoms. The summed E-state index contributed by atoms with van der Waals surface area (Å²) in [7, 11) is 0. The number of aldehydes is 1. The third-order valence-corrected chi connectivity index (χ3v) is 3.44. The monoisotopic (exact) mass is 260 g/mol. The lowest BCUT2D eigenvalue weighted by Crippen LogP contribution is -2.00. The molecule has 0 bridgehead atoms.